The summed E-state index contributed by atoms with van der Waals surface area (Å²) in [6.45, 7) is 2.27. The monoisotopic (exact) mass is 535 g/mol. The van der Waals surface area contributed by atoms with Crippen molar-refractivity contribution in [3.05, 3.63) is 108 Å². The predicted octanol–water partition coefficient (Wildman–Crippen LogP) is 6.24. The Morgan fingerprint density at radius 2 is 1.81 bits per heavy atom. The molecule has 0 aliphatic heterocycles. The van der Waals surface area contributed by atoms with Gasteiger partial charge in [-0.1, -0.05) is 24.3 Å². The van der Waals surface area contributed by atoms with Crippen molar-refractivity contribution in [2.75, 3.05) is 9.62 Å². The van der Waals surface area contributed by atoms with Gasteiger partial charge in [-0.05, 0) is 84.8 Å². The second kappa shape index (κ2) is 10.2. The number of benzene rings is 3. The smallest absolute Gasteiger partial charge is 0.261 e. The van der Waals surface area contributed by atoms with E-state index < -0.39 is 15.8 Å². The first-order valence-corrected chi connectivity index (χ1v) is 13.7. The molecule has 1 N–H and O–H groups in total. The van der Waals surface area contributed by atoms with Crippen molar-refractivity contribution in [3.8, 4) is 0 Å². The molecule has 0 radical (unpaired) electrons. The third-order valence-electron chi connectivity index (χ3n) is 5.73. The molecule has 0 saturated carbocycles. The topological polar surface area (TPSA) is 92.5 Å². The summed E-state index contributed by atoms with van der Waals surface area (Å²) in [6.07, 6.45) is 2.45. The summed E-state index contributed by atoms with van der Waals surface area (Å²) in [6, 6.07) is 20.2. The molecule has 2 aromatic heterocycles. The Morgan fingerprint density at radius 1 is 1.05 bits per heavy atom. The molecule has 0 saturated heterocycles. The van der Waals surface area contributed by atoms with Crippen LogP contribution in [0.5, 0.6) is 0 Å². The fourth-order valence-electron chi connectivity index (χ4n) is 3.74. The van der Waals surface area contributed by atoms with Gasteiger partial charge in [-0.15, -0.1) is 0 Å². The number of thiazole rings is 1. The molecule has 188 valence electrons. The first-order chi connectivity index (χ1) is 17.8. The van der Waals surface area contributed by atoms with E-state index in [1.54, 1.807) is 35.4 Å². The largest absolute Gasteiger partial charge is 0.467 e. The molecule has 5 rings (SSSR count). The number of fused-ring (bicyclic) bond motifs is 1. The molecule has 0 aliphatic carbocycles. The Balaban J connectivity index is 1.42. The Hall–Kier alpha value is -4.02. The highest BCUT2D eigenvalue weighted by molar-refractivity contribution is 7.92. The predicted molar refractivity (Wildman–Crippen MR) is 142 cm³/mol. The number of sulfonamides is 1. The second-order valence-electron chi connectivity index (χ2n) is 8.26. The van der Waals surface area contributed by atoms with Crippen LogP contribution in [0.25, 0.3) is 10.2 Å². The fourth-order valence-corrected chi connectivity index (χ4v) is 5.83. The number of halogens is 1. The zero-order chi connectivity index (χ0) is 26.0. The summed E-state index contributed by atoms with van der Waals surface area (Å²) < 4.78 is 47.3. The number of nitrogens with zero attached hydrogens (tertiary/aromatic N) is 2. The third-order valence-corrected chi connectivity index (χ3v) is 8.17. The molecule has 0 spiro atoms. The molecular weight excluding hydrogens is 513 g/mol. The molecule has 37 heavy (non-hydrogen) atoms. The number of furan rings is 1. The number of aryl methyl sites for hydroxylation is 1. The van der Waals surface area contributed by atoms with Crippen LogP contribution < -0.4 is 9.62 Å². The average molecular weight is 536 g/mol. The van der Waals surface area contributed by atoms with Crippen LogP contribution in [0.1, 0.15) is 28.6 Å². The molecule has 0 fully saturated rings. The number of rotatable bonds is 8. The minimum atomic E-state index is -3.91. The summed E-state index contributed by atoms with van der Waals surface area (Å²) in [5.41, 5.74) is 2.61. The lowest BCUT2D eigenvalue weighted by Crippen LogP contribution is -2.30. The van der Waals surface area contributed by atoms with Gasteiger partial charge in [0.05, 0.1) is 27.9 Å². The lowest BCUT2D eigenvalue weighted by atomic mass is 10.2. The standard InChI is InChI=1S/C27H22FN3O4S2/c1-2-18-5-14-24-25(16-18)36-27(29-24)31(17-22-4-3-15-35-22)26(32)19-6-10-21(11-7-19)30-37(33,34)23-12-8-20(28)9-13-23/h3-16,30H,2,17H2,1H3. The number of amides is 1. The van der Waals surface area contributed by atoms with Crippen LogP contribution in [-0.2, 0) is 23.0 Å². The van der Waals surface area contributed by atoms with Gasteiger partial charge in [0, 0.05) is 11.3 Å². The summed E-state index contributed by atoms with van der Waals surface area (Å²) in [5, 5.41) is 0.533. The number of hydrogen-bond acceptors (Lipinski definition) is 6. The molecule has 0 unspecified atom stereocenters. The van der Waals surface area contributed by atoms with Crippen molar-refractivity contribution in [1.29, 1.82) is 0 Å². The highest BCUT2D eigenvalue weighted by Gasteiger charge is 2.23. The van der Waals surface area contributed by atoms with Crippen molar-refractivity contribution in [2.45, 2.75) is 24.8 Å². The number of aromatic nitrogens is 1. The van der Waals surface area contributed by atoms with Crippen LogP contribution in [-0.4, -0.2) is 19.3 Å². The maximum absolute atomic E-state index is 13.6. The fraction of sp³-hybridized carbons (Fsp3) is 0.111. The zero-order valence-electron chi connectivity index (χ0n) is 19.7. The highest BCUT2D eigenvalue weighted by Crippen LogP contribution is 2.32. The number of hydrogen-bond donors (Lipinski definition) is 1. The van der Waals surface area contributed by atoms with Crippen LogP contribution in [0.2, 0.25) is 0 Å². The van der Waals surface area contributed by atoms with E-state index in [2.05, 4.69) is 22.7 Å². The van der Waals surface area contributed by atoms with Gasteiger partial charge >= 0.3 is 0 Å². The van der Waals surface area contributed by atoms with Crippen LogP contribution in [0, 0.1) is 5.82 Å². The van der Waals surface area contributed by atoms with Crippen LogP contribution >= 0.6 is 11.3 Å². The first kappa shape index (κ1) is 24.7. The Morgan fingerprint density at radius 3 is 2.49 bits per heavy atom. The Kier molecular flexibility index (Phi) is 6.77. The van der Waals surface area contributed by atoms with Crippen molar-refractivity contribution in [3.63, 3.8) is 0 Å². The summed E-state index contributed by atoms with van der Waals surface area (Å²) in [4.78, 5) is 19.8. The van der Waals surface area contributed by atoms with Gasteiger partial charge in [-0.25, -0.2) is 17.8 Å². The number of anilines is 2. The van der Waals surface area contributed by atoms with Gasteiger partial charge in [0.15, 0.2) is 5.13 Å². The molecule has 0 atom stereocenters. The maximum atomic E-state index is 13.6. The van der Waals surface area contributed by atoms with Crippen molar-refractivity contribution >= 4 is 48.3 Å². The third kappa shape index (κ3) is 5.40. The van der Waals surface area contributed by atoms with Crippen molar-refractivity contribution < 1.29 is 22.0 Å². The summed E-state index contributed by atoms with van der Waals surface area (Å²) >= 11 is 1.42. The average Bonchev–Trinajstić information content (AvgIpc) is 3.56. The van der Waals surface area contributed by atoms with Gasteiger partial charge in [0.1, 0.15) is 11.6 Å². The molecule has 5 aromatic rings. The molecule has 0 aliphatic rings. The van der Waals surface area contributed by atoms with E-state index in [4.69, 9.17) is 4.42 Å². The van der Waals surface area contributed by atoms with E-state index in [1.165, 1.54) is 41.2 Å². The van der Waals surface area contributed by atoms with Crippen LogP contribution in [0.4, 0.5) is 15.2 Å². The lowest BCUT2D eigenvalue weighted by molar-refractivity contribution is 0.0983. The van der Waals surface area contributed by atoms with Gasteiger partial charge in [-0.2, -0.15) is 0 Å². The van der Waals surface area contributed by atoms with Crippen molar-refractivity contribution in [2.24, 2.45) is 0 Å². The van der Waals surface area contributed by atoms with Crippen LogP contribution in [0.15, 0.2) is 94.4 Å². The first-order valence-electron chi connectivity index (χ1n) is 11.4. The Bertz CT molecular complexity index is 1650. The minimum Gasteiger partial charge on any atom is -0.467 e. The molecular formula is C27H22FN3O4S2. The summed E-state index contributed by atoms with van der Waals surface area (Å²) in [5.74, 6) is -0.232. The number of nitrogens with one attached hydrogen (secondary N) is 1. The molecule has 0 bridgehead atoms. The van der Waals surface area contributed by atoms with Crippen molar-refractivity contribution in [1.82, 2.24) is 4.98 Å². The van der Waals surface area contributed by atoms with E-state index >= 15 is 0 Å². The quantitative estimate of drug-likeness (QED) is 0.254. The Labute approximate surface area is 217 Å². The molecule has 7 nitrogen and oxygen atoms in total. The van der Waals surface area contributed by atoms with E-state index in [1.807, 2.05) is 12.1 Å². The van der Waals surface area contributed by atoms with E-state index in [0.29, 0.717) is 16.5 Å². The maximum Gasteiger partial charge on any atom is 0.261 e. The SMILES string of the molecule is CCc1ccc2nc(N(Cc3ccco3)C(=O)c3ccc(NS(=O)(=O)c4ccc(F)cc4)cc3)sc2c1. The number of carbonyl (C=O) groups is 1. The number of carbonyl (C=O) groups excluding carboxylic acids is 1. The molecule has 1 amide bonds. The molecule has 2 heterocycles. The van der Waals surface area contributed by atoms with Gasteiger partial charge < -0.3 is 4.42 Å². The van der Waals surface area contributed by atoms with Gasteiger partial charge in [-0.3, -0.25) is 14.4 Å². The zero-order valence-corrected chi connectivity index (χ0v) is 21.4. The molecule has 3 aromatic carbocycles. The molecule has 10 heteroatoms. The minimum absolute atomic E-state index is 0.0688. The van der Waals surface area contributed by atoms with E-state index in [-0.39, 0.29) is 23.0 Å². The van der Waals surface area contributed by atoms with Crippen LogP contribution in [0.3, 0.4) is 0 Å². The van der Waals surface area contributed by atoms with E-state index in [0.717, 1.165) is 28.8 Å². The van der Waals surface area contributed by atoms with E-state index in [9.17, 15) is 17.6 Å². The highest BCUT2D eigenvalue weighted by atomic mass is 32.2. The second-order valence-corrected chi connectivity index (χ2v) is 11.0. The van der Waals surface area contributed by atoms with Gasteiger partial charge in [0.25, 0.3) is 15.9 Å². The normalized spacial score (nSPS) is 11.5. The van der Waals surface area contributed by atoms with Gasteiger partial charge in [0.2, 0.25) is 0 Å². The lowest BCUT2D eigenvalue weighted by Gasteiger charge is -2.19. The summed E-state index contributed by atoms with van der Waals surface area (Å²) in [7, 11) is -3.91.